The summed E-state index contributed by atoms with van der Waals surface area (Å²) >= 11 is 0. The van der Waals surface area contributed by atoms with Gasteiger partial charge in [0.2, 0.25) is 0 Å². The first-order valence-corrected chi connectivity index (χ1v) is 6.66. The number of pyridine rings is 1. The summed E-state index contributed by atoms with van der Waals surface area (Å²) in [6.07, 6.45) is 1.59. The molecule has 5 heteroatoms. The number of benzene rings is 1. The Kier molecular flexibility index (Phi) is 4.53. The number of nitrogens with one attached hydrogen (secondary N) is 1. The molecule has 0 fully saturated rings. The maximum absolute atomic E-state index is 13.5. The molecule has 0 atom stereocenters. The molecule has 0 aliphatic carbocycles. The van der Waals surface area contributed by atoms with Gasteiger partial charge in [0.05, 0.1) is 5.69 Å². The van der Waals surface area contributed by atoms with E-state index in [1.807, 2.05) is 0 Å². The Morgan fingerprint density at radius 2 is 1.90 bits per heavy atom. The van der Waals surface area contributed by atoms with Crippen molar-refractivity contribution in [3.8, 4) is 11.5 Å². The number of aromatic nitrogens is 1. The van der Waals surface area contributed by atoms with Crippen LogP contribution in [0.5, 0.6) is 11.5 Å². The molecule has 1 aromatic heterocycles. The molecule has 0 aliphatic rings. The first-order valence-electron chi connectivity index (χ1n) is 6.66. The van der Waals surface area contributed by atoms with E-state index < -0.39 is 11.6 Å². The zero-order valence-corrected chi connectivity index (χ0v) is 12.3. The predicted molar refractivity (Wildman–Crippen MR) is 77.3 cm³/mol. The Morgan fingerprint density at radius 3 is 2.57 bits per heavy atom. The predicted octanol–water partition coefficient (Wildman–Crippen LogP) is 4.04. The lowest BCUT2D eigenvalue weighted by molar-refractivity contribution is 0.417. The van der Waals surface area contributed by atoms with Gasteiger partial charge in [0.25, 0.3) is 0 Å². The largest absolute Gasteiger partial charge is 0.454 e. The van der Waals surface area contributed by atoms with E-state index >= 15 is 0 Å². The fourth-order valence-electron chi connectivity index (χ4n) is 1.66. The van der Waals surface area contributed by atoms with Gasteiger partial charge in [-0.2, -0.15) is 0 Å². The Bertz CT molecular complexity index is 624. The van der Waals surface area contributed by atoms with E-state index in [4.69, 9.17) is 4.74 Å². The lowest BCUT2D eigenvalue weighted by Gasteiger charge is -2.20. The second-order valence-electron chi connectivity index (χ2n) is 5.76. The molecule has 1 N–H and O–H groups in total. The van der Waals surface area contributed by atoms with Gasteiger partial charge >= 0.3 is 0 Å². The van der Waals surface area contributed by atoms with Crippen LogP contribution in [-0.4, -0.2) is 10.5 Å². The maximum Gasteiger partial charge on any atom is 0.168 e. The van der Waals surface area contributed by atoms with Crippen molar-refractivity contribution in [3.63, 3.8) is 0 Å². The minimum absolute atomic E-state index is 0.0164. The summed E-state index contributed by atoms with van der Waals surface area (Å²) in [6, 6.07) is 6.56. The normalized spacial score (nSPS) is 11.5. The average Bonchev–Trinajstić information content (AvgIpc) is 2.39. The van der Waals surface area contributed by atoms with Crippen LogP contribution in [0.4, 0.5) is 8.78 Å². The molecule has 21 heavy (non-hydrogen) atoms. The molecule has 2 rings (SSSR count). The Morgan fingerprint density at radius 1 is 1.14 bits per heavy atom. The molecular formula is C16H18F2N2O. The van der Waals surface area contributed by atoms with E-state index in [-0.39, 0.29) is 11.3 Å². The van der Waals surface area contributed by atoms with Crippen molar-refractivity contribution in [2.75, 3.05) is 0 Å². The monoisotopic (exact) mass is 292 g/mol. The van der Waals surface area contributed by atoms with Gasteiger partial charge in [0.15, 0.2) is 11.6 Å². The lowest BCUT2D eigenvalue weighted by Crippen LogP contribution is -2.35. The number of hydrogen-bond donors (Lipinski definition) is 1. The smallest absolute Gasteiger partial charge is 0.168 e. The molecule has 0 saturated carbocycles. The highest BCUT2D eigenvalue weighted by Crippen LogP contribution is 2.25. The number of nitrogens with zero attached hydrogens (tertiary/aromatic N) is 1. The Hall–Kier alpha value is -2.01. The van der Waals surface area contributed by atoms with Crippen molar-refractivity contribution in [2.45, 2.75) is 32.9 Å². The topological polar surface area (TPSA) is 34.1 Å². The Balaban J connectivity index is 2.10. The van der Waals surface area contributed by atoms with Crippen molar-refractivity contribution in [2.24, 2.45) is 0 Å². The second kappa shape index (κ2) is 6.18. The molecule has 112 valence electrons. The van der Waals surface area contributed by atoms with E-state index in [2.05, 4.69) is 31.1 Å². The minimum atomic E-state index is -0.735. The van der Waals surface area contributed by atoms with Crippen LogP contribution in [0, 0.1) is 11.6 Å². The van der Waals surface area contributed by atoms with Gasteiger partial charge in [-0.1, -0.05) is 0 Å². The lowest BCUT2D eigenvalue weighted by atomic mass is 10.1. The van der Waals surface area contributed by atoms with Gasteiger partial charge in [-0.3, -0.25) is 4.98 Å². The van der Waals surface area contributed by atoms with E-state index in [0.29, 0.717) is 12.3 Å². The molecule has 0 radical (unpaired) electrons. The zero-order valence-electron chi connectivity index (χ0n) is 12.3. The van der Waals surface area contributed by atoms with Crippen molar-refractivity contribution in [3.05, 3.63) is 53.9 Å². The van der Waals surface area contributed by atoms with Crippen molar-refractivity contribution < 1.29 is 13.5 Å². The molecule has 0 spiro atoms. The van der Waals surface area contributed by atoms with Gasteiger partial charge in [-0.05, 0) is 39.0 Å². The summed E-state index contributed by atoms with van der Waals surface area (Å²) in [6.45, 7) is 6.75. The number of ether oxygens (including phenoxy) is 1. The highest BCUT2D eigenvalue weighted by molar-refractivity contribution is 5.32. The molecule has 0 unspecified atom stereocenters. The second-order valence-corrected chi connectivity index (χ2v) is 5.76. The van der Waals surface area contributed by atoms with Crippen LogP contribution in [0.2, 0.25) is 0 Å². The SMILES string of the molecule is CC(C)(C)NCc1cc(Oc2ccc(F)cc2F)ccn1. The van der Waals surface area contributed by atoms with Crippen LogP contribution in [0.25, 0.3) is 0 Å². The zero-order chi connectivity index (χ0) is 15.5. The van der Waals surface area contributed by atoms with Crippen molar-refractivity contribution in [1.82, 2.24) is 10.3 Å². The molecule has 0 amide bonds. The van der Waals surface area contributed by atoms with Crippen LogP contribution in [0.3, 0.4) is 0 Å². The Labute approximate surface area is 123 Å². The number of halogens is 2. The van der Waals surface area contributed by atoms with E-state index in [1.54, 1.807) is 18.3 Å². The van der Waals surface area contributed by atoms with Gasteiger partial charge in [0, 0.05) is 30.4 Å². The van der Waals surface area contributed by atoms with Crippen LogP contribution in [-0.2, 0) is 6.54 Å². The summed E-state index contributed by atoms with van der Waals surface area (Å²) in [5, 5.41) is 3.31. The van der Waals surface area contributed by atoms with Gasteiger partial charge in [-0.25, -0.2) is 8.78 Å². The minimum Gasteiger partial charge on any atom is -0.454 e. The molecule has 3 nitrogen and oxygen atoms in total. The molecule has 2 aromatic rings. The third-order valence-electron chi connectivity index (χ3n) is 2.71. The summed E-state index contributed by atoms with van der Waals surface area (Å²) in [4.78, 5) is 4.22. The third kappa shape index (κ3) is 4.79. The summed E-state index contributed by atoms with van der Waals surface area (Å²) in [7, 11) is 0. The van der Waals surface area contributed by atoms with Crippen LogP contribution in [0.15, 0.2) is 36.5 Å². The molecule has 0 aliphatic heterocycles. The molecule has 1 aromatic carbocycles. The standard InChI is InChI=1S/C16H18F2N2O/c1-16(2,3)20-10-12-9-13(6-7-19-12)21-15-5-4-11(17)8-14(15)18/h4-9,20H,10H2,1-3H3. The van der Waals surface area contributed by atoms with Gasteiger partial charge in [-0.15, -0.1) is 0 Å². The molecule has 0 saturated heterocycles. The number of rotatable bonds is 4. The first kappa shape index (κ1) is 15.4. The fourth-order valence-corrected chi connectivity index (χ4v) is 1.66. The number of hydrogen-bond acceptors (Lipinski definition) is 3. The third-order valence-corrected chi connectivity index (χ3v) is 2.71. The van der Waals surface area contributed by atoms with Crippen molar-refractivity contribution in [1.29, 1.82) is 0 Å². The van der Waals surface area contributed by atoms with Gasteiger partial charge in [0.1, 0.15) is 11.6 Å². The van der Waals surface area contributed by atoms with Gasteiger partial charge < -0.3 is 10.1 Å². The average molecular weight is 292 g/mol. The summed E-state index contributed by atoms with van der Waals surface area (Å²) < 4.78 is 31.8. The highest BCUT2D eigenvalue weighted by Gasteiger charge is 2.10. The van der Waals surface area contributed by atoms with Crippen LogP contribution in [0.1, 0.15) is 26.5 Å². The molecular weight excluding hydrogens is 274 g/mol. The van der Waals surface area contributed by atoms with E-state index in [9.17, 15) is 8.78 Å². The van der Waals surface area contributed by atoms with Crippen LogP contribution < -0.4 is 10.1 Å². The van der Waals surface area contributed by atoms with Crippen molar-refractivity contribution >= 4 is 0 Å². The fraction of sp³-hybridized carbons (Fsp3) is 0.312. The maximum atomic E-state index is 13.5. The summed E-state index contributed by atoms with van der Waals surface area (Å²) in [5.74, 6) is -0.927. The quantitative estimate of drug-likeness (QED) is 0.923. The van der Waals surface area contributed by atoms with Crippen LogP contribution >= 0.6 is 0 Å². The highest BCUT2D eigenvalue weighted by atomic mass is 19.1. The first-order chi connectivity index (χ1) is 9.83. The molecule has 0 bridgehead atoms. The van der Waals surface area contributed by atoms with E-state index in [0.717, 1.165) is 17.8 Å². The molecule has 1 heterocycles. The summed E-state index contributed by atoms with van der Waals surface area (Å²) in [5.41, 5.74) is 0.756. The van der Waals surface area contributed by atoms with E-state index in [1.165, 1.54) is 6.07 Å².